The highest BCUT2D eigenvalue weighted by molar-refractivity contribution is 7.73. The third kappa shape index (κ3) is 5.53. The van der Waals surface area contributed by atoms with Crippen molar-refractivity contribution in [3.05, 3.63) is 91.0 Å². The summed E-state index contributed by atoms with van der Waals surface area (Å²) in [5.74, 6) is -0.523. The molecule has 0 aliphatic carbocycles. The van der Waals surface area contributed by atoms with Gasteiger partial charge in [-0.3, -0.25) is 0 Å². The Balaban J connectivity index is 1.54. The van der Waals surface area contributed by atoms with E-state index in [9.17, 15) is 0 Å². The second-order valence-corrected chi connectivity index (χ2v) is 11.3. The van der Waals surface area contributed by atoms with Crippen LogP contribution in [0.5, 0.6) is 0 Å². The van der Waals surface area contributed by atoms with Crippen molar-refractivity contribution in [1.29, 1.82) is 0 Å². The van der Waals surface area contributed by atoms with Crippen LogP contribution in [0.2, 0.25) is 0 Å². The van der Waals surface area contributed by atoms with Gasteiger partial charge in [-0.2, -0.15) is 0 Å². The second-order valence-electron chi connectivity index (χ2n) is 7.74. The lowest BCUT2D eigenvalue weighted by molar-refractivity contribution is -0.142. The highest BCUT2D eigenvalue weighted by Gasteiger charge is 2.42. The minimum Gasteiger partial charge on any atom is -0.344 e. The van der Waals surface area contributed by atoms with Crippen LogP contribution in [-0.4, -0.2) is 30.3 Å². The number of benzene rings is 3. The fourth-order valence-corrected chi connectivity index (χ4v) is 7.43. The Morgan fingerprint density at radius 1 is 0.724 bits per heavy atom. The largest absolute Gasteiger partial charge is 0.344 e. The minimum atomic E-state index is -0.523. The molecule has 1 unspecified atom stereocenters. The van der Waals surface area contributed by atoms with E-state index in [1.54, 1.807) is 0 Å². The molecule has 0 aromatic heterocycles. The van der Waals surface area contributed by atoms with E-state index in [4.69, 9.17) is 9.47 Å². The lowest BCUT2D eigenvalue weighted by Crippen LogP contribution is -2.31. The van der Waals surface area contributed by atoms with Crippen molar-refractivity contribution in [2.45, 2.75) is 31.8 Å². The summed E-state index contributed by atoms with van der Waals surface area (Å²) in [5.41, 5.74) is 0. The molecule has 0 bridgehead atoms. The Bertz CT molecular complexity index is 845. The zero-order valence-corrected chi connectivity index (χ0v) is 18.9. The Morgan fingerprint density at radius 3 is 1.76 bits per heavy atom. The number of rotatable bonds is 7. The maximum atomic E-state index is 6.42. The fraction of sp³-hybridized carbons (Fsp3) is 0.280. The molecule has 0 saturated carbocycles. The molecule has 0 N–H and O–H groups in total. The molecule has 0 spiro atoms. The molecule has 1 aliphatic heterocycles. The lowest BCUT2D eigenvalue weighted by atomic mass is 10.3. The molecule has 4 rings (SSSR count). The molecule has 1 heterocycles. The van der Waals surface area contributed by atoms with Gasteiger partial charge in [0, 0.05) is 6.16 Å². The van der Waals surface area contributed by atoms with Gasteiger partial charge in [0.05, 0.1) is 12.2 Å². The van der Waals surface area contributed by atoms with E-state index in [1.165, 1.54) is 15.9 Å². The highest BCUT2D eigenvalue weighted by Crippen LogP contribution is 2.41. The van der Waals surface area contributed by atoms with E-state index in [1.807, 2.05) is 13.8 Å². The summed E-state index contributed by atoms with van der Waals surface area (Å²) in [7, 11) is 0.235. The summed E-state index contributed by atoms with van der Waals surface area (Å²) >= 11 is 0. The minimum absolute atomic E-state index is 0.104. The molecule has 3 atom stereocenters. The number of ether oxygens (including phenoxy) is 2. The van der Waals surface area contributed by atoms with Crippen LogP contribution in [0, 0.1) is 0 Å². The molecule has 1 fully saturated rings. The van der Waals surface area contributed by atoms with E-state index in [0.717, 1.165) is 20.9 Å². The highest BCUT2D eigenvalue weighted by atomic mass is 31.1. The van der Waals surface area contributed by atoms with Gasteiger partial charge < -0.3 is 9.47 Å². The summed E-state index contributed by atoms with van der Waals surface area (Å²) in [5, 5.41) is 4.17. The molecule has 150 valence electrons. The van der Waals surface area contributed by atoms with Crippen molar-refractivity contribution in [1.82, 2.24) is 0 Å². The smallest absolute Gasteiger partial charge is 0.163 e. The Kier molecular flexibility index (Phi) is 6.78. The van der Waals surface area contributed by atoms with Crippen LogP contribution in [0.15, 0.2) is 91.0 Å². The second kappa shape index (κ2) is 9.50. The van der Waals surface area contributed by atoms with Crippen LogP contribution < -0.4 is 15.9 Å². The van der Waals surface area contributed by atoms with E-state index < -0.39 is 13.7 Å². The topological polar surface area (TPSA) is 18.5 Å². The van der Waals surface area contributed by atoms with Gasteiger partial charge in [-0.15, -0.1) is 0 Å². The van der Waals surface area contributed by atoms with E-state index in [-0.39, 0.29) is 12.2 Å². The van der Waals surface area contributed by atoms with Gasteiger partial charge >= 0.3 is 0 Å². The predicted molar refractivity (Wildman–Crippen MR) is 127 cm³/mol. The first-order valence-corrected chi connectivity index (χ1v) is 12.9. The first-order chi connectivity index (χ1) is 14.1. The van der Waals surface area contributed by atoms with Gasteiger partial charge in [-0.25, -0.2) is 0 Å². The zero-order chi connectivity index (χ0) is 20.1. The number of hydrogen-bond acceptors (Lipinski definition) is 2. The molecule has 29 heavy (non-hydrogen) atoms. The Hall–Kier alpha value is -1.56. The lowest BCUT2D eigenvalue weighted by Gasteiger charge is -2.25. The first-order valence-electron chi connectivity index (χ1n) is 10.1. The van der Waals surface area contributed by atoms with E-state index in [0.29, 0.717) is 0 Å². The normalized spacial score (nSPS) is 21.2. The van der Waals surface area contributed by atoms with Gasteiger partial charge in [-0.1, -0.05) is 99.6 Å². The SMILES string of the molecule is CC1(C)O[C@@H](CPc2ccccc2)[C@H](CP(c2ccccc2)c2ccccc2)O1. The summed E-state index contributed by atoms with van der Waals surface area (Å²) < 4.78 is 12.8. The quantitative estimate of drug-likeness (QED) is 0.517. The zero-order valence-electron chi connectivity index (χ0n) is 17.0. The van der Waals surface area contributed by atoms with Gasteiger partial charge in [0.1, 0.15) is 0 Å². The predicted octanol–water partition coefficient (Wildman–Crippen LogP) is 4.64. The molecule has 1 saturated heterocycles. The summed E-state index contributed by atoms with van der Waals surface area (Å²) in [4.78, 5) is 0. The van der Waals surface area contributed by atoms with Gasteiger partial charge in [0.25, 0.3) is 0 Å². The average molecular weight is 422 g/mol. The van der Waals surface area contributed by atoms with Gasteiger partial charge in [-0.05, 0) is 43.8 Å². The molecular weight excluding hydrogens is 394 g/mol. The molecule has 0 radical (unpaired) electrons. The molecule has 4 heteroatoms. The number of hydrogen-bond donors (Lipinski definition) is 0. The molecule has 0 amide bonds. The Morgan fingerprint density at radius 2 is 1.21 bits per heavy atom. The molecule has 1 aliphatic rings. The monoisotopic (exact) mass is 422 g/mol. The van der Waals surface area contributed by atoms with Crippen LogP contribution in [0.4, 0.5) is 0 Å². The first kappa shape index (κ1) is 20.7. The summed E-state index contributed by atoms with van der Waals surface area (Å²) in [6.07, 6.45) is 2.22. The molecule has 3 aromatic rings. The average Bonchev–Trinajstić information content (AvgIpc) is 3.06. The summed E-state index contributed by atoms with van der Waals surface area (Å²) in [6.45, 7) is 4.08. The van der Waals surface area contributed by atoms with Crippen LogP contribution in [0.25, 0.3) is 0 Å². The van der Waals surface area contributed by atoms with Crippen molar-refractivity contribution in [3.63, 3.8) is 0 Å². The van der Waals surface area contributed by atoms with Crippen LogP contribution in [-0.2, 0) is 9.47 Å². The van der Waals surface area contributed by atoms with Crippen molar-refractivity contribution in [3.8, 4) is 0 Å². The van der Waals surface area contributed by atoms with E-state index in [2.05, 4.69) is 91.0 Å². The third-order valence-corrected chi connectivity index (χ3v) is 8.98. The standard InChI is InChI=1S/C25H28O2P2/c1-25(2)26-23(18-28-20-12-6-3-7-13-20)24(27-25)19-29(21-14-8-4-9-15-21)22-16-10-5-11-17-22/h3-17,23-24,28H,18-19H2,1-2H3/t23-,24-/m0/s1. The molecule has 3 aromatic carbocycles. The Labute approximate surface area is 177 Å². The van der Waals surface area contributed by atoms with Crippen molar-refractivity contribution in [2.75, 3.05) is 12.3 Å². The van der Waals surface area contributed by atoms with Crippen LogP contribution in [0.3, 0.4) is 0 Å². The fourth-order valence-electron chi connectivity index (χ4n) is 3.77. The maximum absolute atomic E-state index is 6.42. The van der Waals surface area contributed by atoms with E-state index >= 15 is 0 Å². The van der Waals surface area contributed by atoms with Gasteiger partial charge in [0.2, 0.25) is 0 Å². The van der Waals surface area contributed by atoms with Crippen molar-refractivity contribution in [2.24, 2.45) is 0 Å². The van der Waals surface area contributed by atoms with Crippen molar-refractivity contribution < 1.29 is 9.47 Å². The van der Waals surface area contributed by atoms with Crippen molar-refractivity contribution >= 4 is 32.4 Å². The maximum Gasteiger partial charge on any atom is 0.163 e. The van der Waals surface area contributed by atoms with Crippen LogP contribution in [0.1, 0.15) is 13.8 Å². The summed E-state index contributed by atoms with van der Waals surface area (Å²) in [6, 6.07) is 32.4. The van der Waals surface area contributed by atoms with Gasteiger partial charge in [0.15, 0.2) is 5.79 Å². The molecule has 2 nitrogen and oxygen atoms in total. The molecular formula is C25H28O2P2. The third-order valence-electron chi connectivity index (χ3n) is 5.06. The van der Waals surface area contributed by atoms with Crippen LogP contribution >= 0.6 is 16.5 Å².